The second-order valence-electron chi connectivity index (χ2n) is 3.62. The van der Waals surface area contributed by atoms with Gasteiger partial charge in [0.25, 0.3) is 5.91 Å². The van der Waals surface area contributed by atoms with Crippen molar-refractivity contribution in [2.45, 2.75) is 0 Å². The molecule has 1 saturated heterocycles. The van der Waals surface area contributed by atoms with Crippen molar-refractivity contribution >= 4 is 22.4 Å². The van der Waals surface area contributed by atoms with Crippen LogP contribution in [0.2, 0.25) is 0 Å². The standard InChI is InChI=1S/C10H13N3O2S/c11-8-1-2-9(12-7-8)10(14)13-3-5-16(15)6-4-13/h1-2,7H,3-6,11H2. The van der Waals surface area contributed by atoms with Crippen molar-refractivity contribution in [2.75, 3.05) is 30.3 Å². The van der Waals surface area contributed by atoms with E-state index in [0.717, 1.165) is 0 Å². The van der Waals surface area contributed by atoms with E-state index in [-0.39, 0.29) is 5.91 Å². The SMILES string of the molecule is Nc1ccc(C(=O)N2CCS(=O)CC2)nc1. The molecule has 0 atom stereocenters. The first kappa shape index (κ1) is 11.1. The minimum Gasteiger partial charge on any atom is -0.397 e. The number of anilines is 1. The highest BCUT2D eigenvalue weighted by Crippen LogP contribution is 2.08. The molecular weight excluding hydrogens is 226 g/mol. The molecule has 2 heterocycles. The van der Waals surface area contributed by atoms with Crippen LogP contribution < -0.4 is 5.73 Å². The number of nitrogens with zero attached hydrogens (tertiary/aromatic N) is 2. The first-order valence-corrected chi connectivity index (χ1v) is 6.51. The highest BCUT2D eigenvalue weighted by molar-refractivity contribution is 7.85. The zero-order valence-corrected chi connectivity index (χ0v) is 9.57. The molecule has 0 aromatic carbocycles. The predicted octanol–water partition coefficient (Wildman–Crippen LogP) is -0.132. The van der Waals surface area contributed by atoms with Crippen molar-refractivity contribution in [3.05, 3.63) is 24.0 Å². The largest absolute Gasteiger partial charge is 0.397 e. The summed E-state index contributed by atoms with van der Waals surface area (Å²) in [6, 6.07) is 3.27. The van der Waals surface area contributed by atoms with Gasteiger partial charge in [-0.15, -0.1) is 0 Å². The van der Waals surface area contributed by atoms with Crippen LogP contribution in [0.1, 0.15) is 10.5 Å². The molecule has 2 rings (SSSR count). The minimum absolute atomic E-state index is 0.114. The van der Waals surface area contributed by atoms with Crippen LogP contribution >= 0.6 is 0 Å². The lowest BCUT2D eigenvalue weighted by Crippen LogP contribution is -2.42. The topological polar surface area (TPSA) is 76.3 Å². The Bertz CT molecular complexity index is 409. The molecule has 0 radical (unpaired) electrons. The van der Waals surface area contributed by atoms with Crippen molar-refractivity contribution in [1.82, 2.24) is 9.88 Å². The fraction of sp³-hybridized carbons (Fsp3) is 0.400. The first-order valence-electron chi connectivity index (χ1n) is 5.02. The molecule has 6 heteroatoms. The Hall–Kier alpha value is -1.43. The maximum Gasteiger partial charge on any atom is 0.272 e. The summed E-state index contributed by atoms with van der Waals surface area (Å²) in [5.41, 5.74) is 6.42. The summed E-state index contributed by atoms with van der Waals surface area (Å²) in [4.78, 5) is 17.6. The fourth-order valence-corrected chi connectivity index (χ4v) is 2.59. The van der Waals surface area contributed by atoms with Crippen LogP contribution in [0.4, 0.5) is 5.69 Å². The average molecular weight is 239 g/mol. The van der Waals surface area contributed by atoms with E-state index >= 15 is 0 Å². The van der Waals surface area contributed by atoms with Crippen LogP contribution in [0.5, 0.6) is 0 Å². The third-order valence-electron chi connectivity index (χ3n) is 2.47. The fourth-order valence-electron chi connectivity index (χ4n) is 1.53. The lowest BCUT2D eigenvalue weighted by Gasteiger charge is -2.25. The third kappa shape index (κ3) is 2.38. The van der Waals surface area contributed by atoms with Crippen molar-refractivity contribution in [3.8, 4) is 0 Å². The van der Waals surface area contributed by atoms with Crippen LogP contribution in [0.25, 0.3) is 0 Å². The van der Waals surface area contributed by atoms with E-state index in [0.29, 0.717) is 36.0 Å². The molecule has 16 heavy (non-hydrogen) atoms. The lowest BCUT2D eigenvalue weighted by atomic mass is 10.3. The Kier molecular flexibility index (Phi) is 3.19. The van der Waals surface area contributed by atoms with Crippen molar-refractivity contribution in [3.63, 3.8) is 0 Å². The lowest BCUT2D eigenvalue weighted by molar-refractivity contribution is 0.0765. The van der Waals surface area contributed by atoms with E-state index in [1.54, 1.807) is 17.0 Å². The van der Waals surface area contributed by atoms with Gasteiger partial charge in [-0.25, -0.2) is 4.98 Å². The Morgan fingerprint density at radius 3 is 2.62 bits per heavy atom. The van der Waals surface area contributed by atoms with Gasteiger partial charge in [0.15, 0.2) is 0 Å². The number of amides is 1. The monoisotopic (exact) mass is 239 g/mol. The van der Waals surface area contributed by atoms with Gasteiger partial charge < -0.3 is 10.6 Å². The average Bonchev–Trinajstić information content (AvgIpc) is 2.30. The molecule has 5 nitrogen and oxygen atoms in total. The molecule has 0 aliphatic carbocycles. The maximum absolute atomic E-state index is 11.9. The van der Waals surface area contributed by atoms with Crippen molar-refractivity contribution in [2.24, 2.45) is 0 Å². The number of nitrogen functional groups attached to an aromatic ring is 1. The molecule has 1 aliphatic heterocycles. The molecule has 0 saturated carbocycles. The van der Waals surface area contributed by atoms with Gasteiger partial charge in [0.05, 0.1) is 11.9 Å². The van der Waals surface area contributed by atoms with Gasteiger partial charge in [-0.2, -0.15) is 0 Å². The number of nitrogens with two attached hydrogens (primary N) is 1. The van der Waals surface area contributed by atoms with Gasteiger partial charge in [-0.1, -0.05) is 0 Å². The molecular formula is C10H13N3O2S. The number of aromatic nitrogens is 1. The molecule has 1 amide bonds. The van der Waals surface area contributed by atoms with E-state index in [9.17, 15) is 9.00 Å². The van der Waals surface area contributed by atoms with Crippen LogP contribution in [0.15, 0.2) is 18.3 Å². The van der Waals surface area contributed by atoms with E-state index in [2.05, 4.69) is 4.98 Å². The number of carbonyl (C=O) groups is 1. The highest BCUT2D eigenvalue weighted by atomic mass is 32.2. The van der Waals surface area contributed by atoms with E-state index in [4.69, 9.17) is 5.73 Å². The number of hydrogen-bond donors (Lipinski definition) is 1. The summed E-state index contributed by atoms with van der Waals surface area (Å²) in [5, 5.41) is 0. The zero-order chi connectivity index (χ0) is 11.5. The minimum atomic E-state index is -0.772. The normalized spacial score (nSPS) is 17.4. The number of carbonyl (C=O) groups excluding carboxylic acids is 1. The van der Waals surface area contributed by atoms with Crippen LogP contribution in [-0.4, -0.2) is 44.6 Å². The highest BCUT2D eigenvalue weighted by Gasteiger charge is 2.21. The molecule has 0 spiro atoms. The Morgan fingerprint density at radius 1 is 1.38 bits per heavy atom. The summed E-state index contributed by atoms with van der Waals surface area (Å²) >= 11 is 0. The summed E-state index contributed by atoms with van der Waals surface area (Å²) in [5.74, 6) is 0.998. The first-order chi connectivity index (χ1) is 7.66. The van der Waals surface area contributed by atoms with Gasteiger partial charge in [0.2, 0.25) is 0 Å². The molecule has 1 aromatic heterocycles. The molecule has 1 aliphatic rings. The Morgan fingerprint density at radius 2 is 2.06 bits per heavy atom. The van der Waals surface area contributed by atoms with Crippen molar-refractivity contribution in [1.29, 1.82) is 0 Å². The molecule has 2 N–H and O–H groups in total. The second kappa shape index (κ2) is 4.61. The quantitative estimate of drug-likeness (QED) is 0.740. The van der Waals surface area contributed by atoms with Crippen LogP contribution in [0.3, 0.4) is 0 Å². The summed E-state index contributed by atoms with van der Waals surface area (Å²) < 4.78 is 11.2. The summed E-state index contributed by atoms with van der Waals surface area (Å²) in [6.07, 6.45) is 1.47. The zero-order valence-electron chi connectivity index (χ0n) is 8.76. The smallest absolute Gasteiger partial charge is 0.272 e. The number of rotatable bonds is 1. The van der Waals surface area contributed by atoms with Crippen molar-refractivity contribution < 1.29 is 9.00 Å². The Labute approximate surface area is 96.1 Å². The van der Waals surface area contributed by atoms with Crippen LogP contribution in [0, 0.1) is 0 Å². The van der Waals surface area contributed by atoms with Gasteiger partial charge >= 0.3 is 0 Å². The van der Waals surface area contributed by atoms with E-state index in [1.807, 2.05) is 0 Å². The van der Waals surface area contributed by atoms with Gasteiger partial charge in [0, 0.05) is 35.4 Å². The third-order valence-corrected chi connectivity index (χ3v) is 3.75. The van der Waals surface area contributed by atoms with Gasteiger partial charge in [-0.3, -0.25) is 9.00 Å². The number of hydrogen-bond acceptors (Lipinski definition) is 4. The van der Waals surface area contributed by atoms with E-state index < -0.39 is 10.8 Å². The maximum atomic E-state index is 11.9. The molecule has 1 aromatic rings. The molecule has 86 valence electrons. The second-order valence-corrected chi connectivity index (χ2v) is 5.31. The van der Waals surface area contributed by atoms with Crippen LogP contribution in [-0.2, 0) is 10.8 Å². The molecule has 1 fully saturated rings. The Balaban J connectivity index is 2.07. The van der Waals surface area contributed by atoms with E-state index in [1.165, 1.54) is 6.20 Å². The molecule has 0 bridgehead atoms. The number of pyridine rings is 1. The molecule has 0 unspecified atom stereocenters. The summed E-state index contributed by atoms with van der Waals surface area (Å²) in [7, 11) is -0.772. The van der Waals surface area contributed by atoms with Gasteiger partial charge in [0.1, 0.15) is 5.69 Å². The predicted molar refractivity (Wildman–Crippen MR) is 62.4 cm³/mol. The van der Waals surface area contributed by atoms with Gasteiger partial charge in [-0.05, 0) is 12.1 Å². The summed E-state index contributed by atoms with van der Waals surface area (Å²) in [6.45, 7) is 1.08.